The van der Waals surface area contributed by atoms with Crippen LogP contribution in [0.4, 0.5) is 0 Å². The number of hydrogen-bond donors (Lipinski definition) is 1. The molecule has 1 saturated heterocycles. The van der Waals surface area contributed by atoms with E-state index in [9.17, 15) is 9.90 Å². The third-order valence-electron chi connectivity index (χ3n) is 4.59. The van der Waals surface area contributed by atoms with E-state index in [0.29, 0.717) is 26.2 Å². The molecule has 1 aromatic carbocycles. The minimum atomic E-state index is -0.821. The minimum Gasteiger partial charge on any atom is -0.492 e. The van der Waals surface area contributed by atoms with Gasteiger partial charge in [-0.25, -0.2) is 0 Å². The standard InChI is InChI=1S/C20H29BrO6/c1-13(2)15-10-19(27-20(15)23)17(22)12-25-11-14-5-6-16(21)18(9-14)26-8-4-7-24-3/h5-6,9,13,15,17,19,22H,4,7-8,10-12H2,1-3H3/t15-,17+,19?/m0/s1. The van der Waals surface area contributed by atoms with Crippen LogP contribution in [0.1, 0.15) is 32.3 Å². The Balaban J connectivity index is 1.78. The molecule has 0 radical (unpaired) electrons. The average Bonchev–Trinajstić information content (AvgIpc) is 3.03. The third kappa shape index (κ3) is 6.75. The first-order valence-electron chi connectivity index (χ1n) is 9.28. The zero-order valence-corrected chi connectivity index (χ0v) is 17.7. The second-order valence-corrected chi connectivity index (χ2v) is 7.96. The number of aliphatic hydroxyl groups is 1. The van der Waals surface area contributed by atoms with Crippen LogP contribution in [-0.4, -0.2) is 50.2 Å². The third-order valence-corrected chi connectivity index (χ3v) is 5.25. The Morgan fingerprint density at radius 3 is 2.78 bits per heavy atom. The van der Waals surface area contributed by atoms with Gasteiger partial charge < -0.3 is 24.1 Å². The van der Waals surface area contributed by atoms with Crippen LogP contribution in [0.15, 0.2) is 22.7 Å². The molecule has 2 rings (SSSR count). The van der Waals surface area contributed by atoms with Gasteiger partial charge in [0.2, 0.25) is 0 Å². The highest BCUT2D eigenvalue weighted by Crippen LogP contribution is 2.30. The van der Waals surface area contributed by atoms with E-state index in [-0.39, 0.29) is 24.4 Å². The molecule has 1 aliphatic rings. The van der Waals surface area contributed by atoms with Gasteiger partial charge in [0.15, 0.2) is 0 Å². The Morgan fingerprint density at radius 1 is 1.33 bits per heavy atom. The minimum absolute atomic E-state index is 0.114. The Bertz CT molecular complexity index is 606. The van der Waals surface area contributed by atoms with Crippen molar-refractivity contribution in [2.45, 2.75) is 45.5 Å². The van der Waals surface area contributed by atoms with E-state index in [4.69, 9.17) is 18.9 Å². The number of carbonyl (C=O) groups excluding carboxylic acids is 1. The maximum absolute atomic E-state index is 11.8. The summed E-state index contributed by atoms with van der Waals surface area (Å²) >= 11 is 3.47. The fourth-order valence-electron chi connectivity index (χ4n) is 2.95. The SMILES string of the molecule is COCCCOc1cc(COC[C@@H](O)C2C[C@@H](C(C)C)C(=O)O2)ccc1Br. The number of halogens is 1. The molecule has 152 valence electrons. The fourth-order valence-corrected chi connectivity index (χ4v) is 3.31. The van der Waals surface area contributed by atoms with Gasteiger partial charge in [-0.3, -0.25) is 4.79 Å². The van der Waals surface area contributed by atoms with Crippen molar-refractivity contribution in [1.29, 1.82) is 0 Å². The number of rotatable bonds is 11. The number of cyclic esters (lactones) is 1. The molecular formula is C20H29BrO6. The van der Waals surface area contributed by atoms with Gasteiger partial charge in [0.1, 0.15) is 18.0 Å². The Morgan fingerprint density at radius 2 is 2.11 bits per heavy atom. The summed E-state index contributed by atoms with van der Waals surface area (Å²) in [6.45, 7) is 5.65. The van der Waals surface area contributed by atoms with Gasteiger partial charge in [0.05, 0.1) is 30.2 Å². The van der Waals surface area contributed by atoms with Crippen molar-refractivity contribution >= 4 is 21.9 Å². The number of methoxy groups -OCH3 is 1. The molecule has 0 saturated carbocycles. The number of carbonyl (C=O) groups is 1. The van der Waals surface area contributed by atoms with Crippen molar-refractivity contribution in [1.82, 2.24) is 0 Å². The molecule has 1 N–H and O–H groups in total. The number of ether oxygens (including phenoxy) is 4. The zero-order valence-electron chi connectivity index (χ0n) is 16.2. The summed E-state index contributed by atoms with van der Waals surface area (Å²) in [6, 6.07) is 5.75. The predicted octanol–water partition coefficient (Wildman–Crippen LogP) is 3.33. The monoisotopic (exact) mass is 444 g/mol. The first kappa shape index (κ1) is 22.1. The maximum Gasteiger partial charge on any atom is 0.309 e. The molecule has 6 nitrogen and oxygen atoms in total. The van der Waals surface area contributed by atoms with Crippen molar-refractivity contribution in [2.24, 2.45) is 11.8 Å². The summed E-state index contributed by atoms with van der Waals surface area (Å²) in [5.74, 6) is 0.587. The number of benzene rings is 1. The van der Waals surface area contributed by atoms with Gasteiger partial charge in [-0.1, -0.05) is 19.9 Å². The summed E-state index contributed by atoms with van der Waals surface area (Å²) in [5.41, 5.74) is 0.940. The number of esters is 1. The molecular weight excluding hydrogens is 416 g/mol. The Kier molecular flexibility index (Phi) is 9.02. The molecule has 0 amide bonds. The maximum atomic E-state index is 11.8. The second-order valence-electron chi connectivity index (χ2n) is 7.10. The molecule has 3 atom stereocenters. The van der Waals surface area contributed by atoms with Gasteiger partial charge in [-0.15, -0.1) is 0 Å². The summed E-state index contributed by atoms with van der Waals surface area (Å²) in [6.07, 6.45) is 0.0407. The van der Waals surface area contributed by atoms with E-state index < -0.39 is 12.2 Å². The largest absolute Gasteiger partial charge is 0.492 e. The number of hydrogen-bond acceptors (Lipinski definition) is 6. The summed E-state index contributed by atoms with van der Waals surface area (Å²) in [7, 11) is 1.66. The molecule has 27 heavy (non-hydrogen) atoms. The molecule has 1 fully saturated rings. The summed E-state index contributed by atoms with van der Waals surface area (Å²) in [5, 5.41) is 10.3. The Labute approximate surface area is 169 Å². The molecule has 0 aromatic heterocycles. The highest BCUT2D eigenvalue weighted by atomic mass is 79.9. The van der Waals surface area contributed by atoms with Gasteiger partial charge in [-0.05, 0) is 39.5 Å². The van der Waals surface area contributed by atoms with Crippen LogP contribution in [0.5, 0.6) is 5.75 Å². The molecule has 1 aliphatic heterocycles. The molecule has 1 unspecified atom stereocenters. The van der Waals surface area contributed by atoms with Crippen LogP contribution in [-0.2, 0) is 25.6 Å². The van der Waals surface area contributed by atoms with Crippen molar-refractivity contribution in [3.8, 4) is 5.75 Å². The van der Waals surface area contributed by atoms with E-state index in [1.54, 1.807) is 7.11 Å². The van der Waals surface area contributed by atoms with Gasteiger partial charge in [0.25, 0.3) is 0 Å². The first-order chi connectivity index (χ1) is 12.9. The topological polar surface area (TPSA) is 74.2 Å². The predicted molar refractivity (Wildman–Crippen MR) is 105 cm³/mol. The van der Waals surface area contributed by atoms with Crippen molar-refractivity contribution in [2.75, 3.05) is 26.9 Å². The number of aliphatic hydroxyl groups excluding tert-OH is 1. The van der Waals surface area contributed by atoms with E-state index in [1.165, 1.54) is 0 Å². The highest BCUT2D eigenvalue weighted by molar-refractivity contribution is 9.10. The van der Waals surface area contributed by atoms with E-state index in [1.807, 2.05) is 32.0 Å². The van der Waals surface area contributed by atoms with Gasteiger partial charge >= 0.3 is 5.97 Å². The van der Waals surface area contributed by atoms with Crippen LogP contribution in [0, 0.1) is 11.8 Å². The van der Waals surface area contributed by atoms with Gasteiger partial charge in [-0.2, -0.15) is 0 Å². The lowest BCUT2D eigenvalue weighted by molar-refractivity contribution is -0.150. The van der Waals surface area contributed by atoms with E-state index in [0.717, 1.165) is 22.2 Å². The van der Waals surface area contributed by atoms with E-state index >= 15 is 0 Å². The molecule has 0 spiro atoms. The van der Waals surface area contributed by atoms with Crippen LogP contribution < -0.4 is 4.74 Å². The molecule has 1 heterocycles. The smallest absolute Gasteiger partial charge is 0.309 e. The lowest BCUT2D eigenvalue weighted by Crippen LogP contribution is -2.30. The normalized spacial score (nSPS) is 20.7. The van der Waals surface area contributed by atoms with E-state index in [2.05, 4.69) is 15.9 Å². The highest BCUT2D eigenvalue weighted by Gasteiger charge is 2.39. The van der Waals surface area contributed by atoms with Crippen molar-refractivity contribution in [3.05, 3.63) is 28.2 Å². The van der Waals surface area contributed by atoms with Crippen molar-refractivity contribution < 1.29 is 28.8 Å². The second kappa shape index (κ2) is 11.0. The molecule has 0 bridgehead atoms. The van der Waals surface area contributed by atoms with Crippen LogP contribution in [0.25, 0.3) is 0 Å². The average molecular weight is 445 g/mol. The molecule has 1 aromatic rings. The summed E-state index contributed by atoms with van der Waals surface area (Å²) in [4.78, 5) is 11.8. The van der Waals surface area contributed by atoms with Crippen LogP contribution >= 0.6 is 15.9 Å². The zero-order chi connectivity index (χ0) is 19.8. The lowest BCUT2D eigenvalue weighted by atomic mass is 9.91. The Hall–Kier alpha value is -1.15. The fraction of sp³-hybridized carbons (Fsp3) is 0.650. The summed E-state index contributed by atoms with van der Waals surface area (Å²) < 4.78 is 22.6. The quantitative estimate of drug-likeness (QED) is 0.416. The van der Waals surface area contributed by atoms with Crippen molar-refractivity contribution in [3.63, 3.8) is 0 Å². The van der Waals surface area contributed by atoms with Crippen LogP contribution in [0.3, 0.4) is 0 Å². The molecule has 7 heteroatoms. The van der Waals surface area contributed by atoms with Gasteiger partial charge in [0, 0.05) is 26.6 Å². The van der Waals surface area contributed by atoms with Crippen LogP contribution in [0.2, 0.25) is 0 Å². The first-order valence-corrected chi connectivity index (χ1v) is 10.1. The lowest BCUT2D eigenvalue weighted by Gasteiger charge is -2.17. The molecule has 0 aliphatic carbocycles.